The Hall–Kier alpha value is -3.42. The molecule has 5 nitrogen and oxygen atoms in total. The number of H-pyrrole nitrogens is 1. The van der Waals surface area contributed by atoms with Crippen LogP contribution in [0.25, 0.3) is 26.1 Å². The van der Waals surface area contributed by atoms with Crippen molar-refractivity contribution in [3.8, 4) is 0 Å². The number of thiazole rings is 1. The predicted molar refractivity (Wildman–Crippen MR) is 126 cm³/mol. The number of nitrogens with one attached hydrogen (secondary N) is 1. The second-order valence-electron chi connectivity index (χ2n) is 7.19. The molecule has 6 aromatic rings. The van der Waals surface area contributed by atoms with Crippen LogP contribution in [-0.4, -0.2) is 25.4 Å². The average Bonchev–Trinajstić information content (AvgIpc) is 3.51. The van der Waals surface area contributed by atoms with Crippen LogP contribution < -0.4 is 0 Å². The van der Waals surface area contributed by atoms with Crippen LogP contribution in [0, 0.1) is 0 Å². The largest absolute Gasteiger partial charge is 0.360 e. The lowest BCUT2D eigenvalue weighted by atomic mass is 10.0. The molecule has 1 N–H and O–H groups in total. The van der Waals surface area contributed by atoms with E-state index in [1.807, 2.05) is 77.3 Å². The van der Waals surface area contributed by atoms with Crippen molar-refractivity contribution >= 4 is 55.0 Å². The molecule has 3 aromatic heterocycles. The number of fused-ring (bicyclic) bond motifs is 4. The van der Waals surface area contributed by atoms with E-state index in [-0.39, 0.29) is 5.78 Å². The van der Waals surface area contributed by atoms with Gasteiger partial charge in [0, 0.05) is 22.7 Å². The lowest BCUT2D eigenvalue weighted by molar-refractivity contribution is 0.0991. The number of rotatable bonds is 5. The Labute approximate surface area is 185 Å². The van der Waals surface area contributed by atoms with Gasteiger partial charge >= 0.3 is 0 Å². The minimum absolute atomic E-state index is 0.0462. The number of carbonyl (C=O) groups is 1. The quantitative estimate of drug-likeness (QED) is 0.258. The number of hydrogen-bond donors (Lipinski definition) is 1. The van der Waals surface area contributed by atoms with Gasteiger partial charge in [-0.05, 0) is 23.8 Å². The lowest BCUT2D eigenvalue weighted by Gasteiger charge is -2.14. The SMILES string of the molecule is O=C(c1c[nH]c2ccccc12)C(Sc1nnc2sc3ccccc3n12)c1ccccc1. The molecule has 7 heteroatoms. The van der Waals surface area contributed by atoms with Crippen molar-refractivity contribution in [3.05, 3.63) is 96.2 Å². The fourth-order valence-corrected chi connectivity index (χ4v) is 5.99. The summed E-state index contributed by atoms with van der Waals surface area (Å²) in [6.07, 6.45) is 1.81. The summed E-state index contributed by atoms with van der Waals surface area (Å²) < 4.78 is 3.19. The van der Waals surface area contributed by atoms with Crippen LogP contribution in [0.5, 0.6) is 0 Å². The van der Waals surface area contributed by atoms with E-state index in [0.717, 1.165) is 36.8 Å². The van der Waals surface area contributed by atoms with E-state index in [1.165, 1.54) is 11.8 Å². The number of Topliss-reactive ketones (excluding diaryl/α,β-unsaturated/α-hetero) is 1. The van der Waals surface area contributed by atoms with Gasteiger partial charge in [-0.3, -0.25) is 9.20 Å². The molecule has 31 heavy (non-hydrogen) atoms. The molecule has 1 unspecified atom stereocenters. The number of thioether (sulfide) groups is 1. The number of hydrogen-bond acceptors (Lipinski definition) is 5. The van der Waals surface area contributed by atoms with E-state index in [4.69, 9.17) is 0 Å². The van der Waals surface area contributed by atoms with Crippen molar-refractivity contribution in [1.29, 1.82) is 0 Å². The van der Waals surface area contributed by atoms with Gasteiger partial charge < -0.3 is 4.98 Å². The third kappa shape index (κ3) is 3.05. The van der Waals surface area contributed by atoms with Crippen LogP contribution >= 0.6 is 23.1 Å². The third-order valence-electron chi connectivity index (χ3n) is 5.33. The Bertz CT molecular complexity index is 1550. The van der Waals surface area contributed by atoms with Gasteiger partial charge in [0.2, 0.25) is 4.96 Å². The van der Waals surface area contributed by atoms with Crippen LogP contribution in [0.15, 0.2) is 90.2 Å². The highest BCUT2D eigenvalue weighted by atomic mass is 32.2. The first-order chi connectivity index (χ1) is 15.3. The summed E-state index contributed by atoms with van der Waals surface area (Å²) in [6.45, 7) is 0. The Morgan fingerprint density at radius 1 is 0.935 bits per heavy atom. The topological polar surface area (TPSA) is 63.0 Å². The van der Waals surface area contributed by atoms with E-state index >= 15 is 0 Å². The minimum Gasteiger partial charge on any atom is -0.360 e. The monoisotopic (exact) mass is 440 g/mol. The van der Waals surface area contributed by atoms with E-state index in [9.17, 15) is 4.79 Å². The maximum Gasteiger partial charge on any atom is 0.217 e. The number of nitrogens with zero attached hydrogens (tertiary/aromatic N) is 3. The normalized spacial score (nSPS) is 12.6. The number of benzene rings is 3. The first-order valence-electron chi connectivity index (χ1n) is 9.84. The molecule has 0 saturated heterocycles. The molecule has 0 amide bonds. The van der Waals surface area contributed by atoms with Crippen molar-refractivity contribution < 1.29 is 4.79 Å². The highest BCUT2D eigenvalue weighted by Crippen LogP contribution is 2.40. The minimum atomic E-state index is -0.438. The van der Waals surface area contributed by atoms with Crippen LogP contribution in [0.1, 0.15) is 21.2 Å². The van der Waals surface area contributed by atoms with E-state index in [1.54, 1.807) is 11.3 Å². The van der Waals surface area contributed by atoms with Gasteiger partial charge in [-0.2, -0.15) is 0 Å². The van der Waals surface area contributed by atoms with E-state index in [0.29, 0.717) is 5.56 Å². The summed E-state index contributed by atoms with van der Waals surface area (Å²) in [6, 6.07) is 25.9. The van der Waals surface area contributed by atoms with Crippen LogP contribution in [0.3, 0.4) is 0 Å². The number of ketones is 1. The molecule has 0 radical (unpaired) electrons. The predicted octanol–water partition coefficient (Wildman–Crippen LogP) is 6.14. The summed E-state index contributed by atoms with van der Waals surface area (Å²) in [4.78, 5) is 17.8. The zero-order valence-electron chi connectivity index (χ0n) is 16.2. The molecule has 0 spiro atoms. The van der Waals surface area contributed by atoms with E-state index < -0.39 is 5.25 Å². The Balaban J connectivity index is 1.48. The highest BCUT2D eigenvalue weighted by molar-refractivity contribution is 8.00. The standard InChI is InChI=1S/C24H16N4OS2/c29-21(17-14-25-18-11-5-4-10-16(17)18)22(15-8-2-1-3-9-15)31-24-27-26-23-28(24)19-12-6-7-13-20(19)30-23/h1-14,22,25H. The summed E-state index contributed by atoms with van der Waals surface area (Å²) in [7, 11) is 0. The molecular weight excluding hydrogens is 424 g/mol. The molecule has 0 bridgehead atoms. The van der Waals surface area contributed by atoms with E-state index in [2.05, 4.69) is 27.3 Å². The van der Waals surface area contributed by atoms with Gasteiger partial charge in [-0.1, -0.05) is 83.8 Å². The maximum absolute atomic E-state index is 13.8. The molecule has 0 fully saturated rings. The lowest BCUT2D eigenvalue weighted by Crippen LogP contribution is -2.10. The number of carbonyl (C=O) groups excluding carboxylic acids is 1. The van der Waals surface area contributed by atoms with Crippen LogP contribution in [0.2, 0.25) is 0 Å². The highest BCUT2D eigenvalue weighted by Gasteiger charge is 2.28. The van der Waals surface area contributed by atoms with Crippen LogP contribution in [0.4, 0.5) is 0 Å². The number of para-hydroxylation sites is 2. The molecule has 0 aliphatic carbocycles. The second-order valence-corrected chi connectivity index (χ2v) is 9.27. The Kier molecular flexibility index (Phi) is 4.36. The van der Waals surface area contributed by atoms with Gasteiger partial charge in [-0.15, -0.1) is 10.2 Å². The Morgan fingerprint density at radius 2 is 1.71 bits per heavy atom. The number of aromatic amines is 1. The fourth-order valence-electron chi connectivity index (χ4n) is 3.85. The second kappa shape index (κ2) is 7.37. The summed E-state index contributed by atoms with van der Waals surface area (Å²) >= 11 is 3.04. The van der Waals surface area contributed by atoms with Gasteiger partial charge in [0.05, 0.1) is 10.2 Å². The summed E-state index contributed by atoms with van der Waals surface area (Å²) in [5.74, 6) is 0.0462. The molecule has 0 saturated carbocycles. The van der Waals surface area contributed by atoms with Crippen LogP contribution in [-0.2, 0) is 0 Å². The molecule has 0 aliphatic rings. The summed E-state index contributed by atoms with van der Waals surface area (Å²) in [5, 5.41) is 10.0. The van der Waals surface area contributed by atoms with Crippen molar-refractivity contribution in [2.45, 2.75) is 10.4 Å². The van der Waals surface area contributed by atoms with Gasteiger partial charge in [0.15, 0.2) is 10.9 Å². The molecule has 3 aromatic carbocycles. The van der Waals surface area contributed by atoms with Crippen molar-refractivity contribution in [2.75, 3.05) is 0 Å². The maximum atomic E-state index is 13.8. The zero-order chi connectivity index (χ0) is 20.8. The zero-order valence-corrected chi connectivity index (χ0v) is 17.9. The number of aromatic nitrogens is 4. The first kappa shape index (κ1) is 18.4. The molecular formula is C24H16N4OS2. The Morgan fingerprint density at radius 3 is 2.61 bits per heavy atom. The molecule has 0 aliphatic heterocycles. The van der Waals surface area contributed by atoms with Gasteiger partial charge in [-0.25, -0.2) is 0 Å². The van der Waals surface area contributed by atoms with Crippen molar-refractivity contribution in [3.63, 3.8) is 0 Å². The van der Waals surface area contributed by atoms with Gasteiger partial charge in [0.1, 0.15) is 5.25 Å². The van der Waals surface area contributed by atoms with Crippen molar-refractivity contribution in [2.24, 2.45) is 0 Å². The fraction of sp³-hybridized carbons (Fsp3) is 0.0417. The smallest absolute Gasteiger partial charge is 0.217 e. The summed E-state index contributed by atoms with van der Waals surface area (Å²) in [5.41, 5.74) is 3.64. The first-order valence-corrected chi connectivity index (χ1v) is 11.5. The molecule has 6 rings (SSSR count). The van der Waals surface area contributed by atoms with Crippen molar-refractivity contribution in [1.82, 2.24) is 19.6 Å². The third-order valence-corrected chi connectivity index (χ3v) is 7.54. The average molecular weight is 441 g/mol. The van der Waals surface area contributed by atoms with Gasteiger partial charge in [0.25, 0.3) is 0 Å². The molecule has 150 valence electrons. The molecule has 1 atom stereocenters. The molecule has 3 heterocycles.